The molecule has 1 aromatic rings. The van der Waals surface area contributed by atoms with Crippen LogP contribution in [0.2, 0.25) is 0 Å². The van der Waals surface area contributed by atoms with Crippen LogP contribution in [0, 0.1) is 0 Å². The van der Waals surface area contributed by atoms with Gasteiger partial charge in [-0.15, -0.1) is 0 Å². The fraction of sp³-hybridized carbons (Fsp3) is 0.357. The maximum absolute atomic E-state index is 10.9. The van der Waals surface area contributed by atoms with E-state index in [1.807, 2.05) is 12.1 Å². The van der Waals surface area contributed by atoms with E-state index in [0.717, 1.165) is 38.2 Å². The average Bonchev–Trinajstić information content (AvgIpc) is 2.40. The molecule has 4 nitrogen and oxygen atoms in total. The van der Waals surface area contributed by atoms with Gasteiger partial charge in [0.15, 0.2) is 0 Å². The van der Waals surface area contributed by atoms with Gasteiger partial charge in [-0.1, -0.05) is 11.6 Å². The number of primary amides is 1. The maximum atomic E-state index is 10.9. The Morgan fingerprint density at radius 3 is 2.72 bits per heavy atom. The number of nitrogens with two attached hydrogens (primary N) is 1. The summed E-state index contributed by atoms with van der Waals surface area (Å²) < 4.78 is 0. The van der Waals surface area contributed by atoms with Crippen LogP contribution in [0.1, 0.15) is 23.2 Å². The lowest BCUT2D eigenvalue weighted by molar-refractivity contribution is 0.100. The van der Waals surface area contributed by atoms with Crippen LogP contribution in [0.3, 0.4) is 0 Å². The van der Waals surface area contributed by atoms with Gasteiger partial charge in [-0.05, 0) is 43.7 Å². The largest absolute Gasteiger partial charge is 0.385 e. The molecule has 0 atom stereocenters. The van der Waals surface area contributed by atoms with E-state index in [0.29, 0.717) is 5.56 Å². The average molecular weight is 245 g/mol. The number of hydrogen-bond donors (Lipinski definition) is 3. The second kappa shape index (κ2) is 6.21. The van der Waals surface area contributed by atoms with E-state index in [1.54, 1.807) is 12.1 Å². The highest BCUT2D eigenvalue weighted by atomic mass is 16.1. The smallest absolute Gasteiger partial charge is 0.248 e. The molecule has 0 radical (unpaired) electrons. The molecule has 0 unspecified atom stereocenters. The van der Waals surface area contributed by atoms with E-state index >= 15 is 0 Å². The first-order chi connectivity index (χ1) is 8.75. The van der Waals surface area contributed by atoms with Crippen molar-refractivity contribution in [1.82, 2.24) is 5.32 Å². The van der Waals surface area contributed by atoms with Gasteiger partial charge in [-0.25, -0.2) is 0 Å². The molecule has 0 aliphatic carbocycles. The third-order valence-electron chi connectivity index (χ3n) is 3.10. The highest BCUT2D eigenvalue weighted by Gasteiger charge is 2.03. The van der Waals surface area contributed by atoms with Crippen molar-refractivity contribution in [3.05, 3.63) is 41.5 Å². The quantitative estimate of drug-likeness (QED) is 0.689. The van der Waals surface area contributed by atoms with Gasteiger partial charge < -0.3 is 16.4 Å². The minimum atomic E-state index is -0.388. The second-order valence-electron chi connectivity index (χ2n) is 4.43. The van der Waals surface area contributed by atoms with E-state index in [9.17, 15) is 4.79 Å². The van der Waals surface area contributed by atoms with E-state index in [2.05, 4.69) is 16.7 Å². The fourth-order valence-corrected chi connectivity index (χ4v) is 2.02. The number of hydrogen-bond acceptors (Lipinski definition) is 3. The van der Waals surface area contributed by atoms with Crippen LogP contribution in [0.15, 0.2) is 35.9 Å². The highest BCUT2D eigenvalue weighted by Crippen LogP contribution is 2.12. The zero-order chi connectivity index (χ0) is 12.8. The van der Waals surface area contributed by atoms with Crippen LogP contribution >= 0.6 is 0 Å². The number of carbonyl (C=O) groups excluding carboxylic acids is 1. The lowest BCUT2D eigenvalue weighted by atomic mass is 10.1. The minimum absolute atomic E-state index is 0.388. The van der Waals surface area contributed by atoms with E-state index in [-0.39, 0.29) is 5.91 Å². The summed E-state index contributed by atoms with van der Waals surface area (Å²) in [6, 6.07) is 7.26. The summed E-state index contributed by atoms with van der Waals surface area (Å²) in [5.74, 6) is -0.388. The number of amides is 1. The van der Waals surface area contributed by atoms with Gasteiger partial charge in [0.2, 0.25) is 5.91 Å². The van der Waals surface area contributed by atoms with Gasteiger partial charge in [-0.2, -0.15) is 0 Å². The number of rotatable bonds is 5. The third kappa shape index (κ3) is 3.60. The highest BCUT2D eigenvalue weighted by molar-refractivity contribution is 5.93. The molecule has 4 N–H and O–H groups in total. The third-order valence-corrected chi connectivity index (χ3v) is 3.10. The molecule has 96 valence electrons. The Bertz CT molecular complexity index is 437. The summed E-state index contributed by atoms with van der Waals surface area (Å²) >= 11 is 0. The number of carbonyl (C=O) groups is 1. The SMILES string of the molecule is NC(=O)c1ccc(NCCC2=CCNCC2)cc1. The van der Waals surface area contributed by atoms with E-state index < -0.39 is 0 Å². The van der Waals surface area contributed by atoms with Gasteiger partial charge in [0, 0.05) is 24.3 Å². The first-order valence-corrected chi connectivity index (χ1v) is 6.28. The maximum Gasteiger partial charge on any atom is 0.248 e. The number of nitrogens with one attached hydrogen (secondary N) is 2. The van der Waals surface area contributed by atoms with Gasteiger partial charge in [-0.3, -0.25) is 4.79 Å². The summed E-state index contributed by atoms with van der Waals surface area (Å²) in [4.78, 5) is 10.9. The summed E-state index contributed by atoms with van der Waals surface area (Å²) in [6.45, 7) is 2.99. The number of anilines is 1. The summed E-state index contributed by atoms with van der Waals surface area (Å²) in [5, 5.41) is 6.64. The van der Waals surface area contributed by atoms with Crippen LogP contribution < -0.4 is 16.4 Å². The van der Waals surface area contributed by atoms with Crippen LogP contribution in [-0.4, -0.2) is 25.5 Å². The molecule has 1 aromatic carbocycles. The molecule has 1 aliphatic heterocycles. The molecular formula is C14H19N3O. The van der Waals surface area contributed by atoms with Crippen LogP contribution in [0.4, 0.5) is 5.69 Å². The Balaban J connectivity index is 1.79. The van der Waals surface area contributed by atoms with Gasteiger partial charge in [0.1, 0.15) is 0 Å². The normalized spacial score (nSPS) is 15.0. The van der Waals surface area contributed by atoms with Gasteiger partial charge in [0.25, 0.3) is 0 Å². The van der Waals surface area contributed by atoms with Gasteiger partial charge >= 0.3 is 0 Å². The Labute approximate surface area is 107 Å². The molecule has 0 aromatic heterocycles. The Morgan fingerprint density at radius 2 is 2.11 bits per heavy atom. The molecule has 0 saturated heterocycles. The molecular weight excluding hydrogens is 226 g/mol. The Hall–Kier alpha value is -1.81. The Kier molecular flexibility index (Phi) is 4.36. The van der Waals surface area contributed by atoms with Crippen molar-refractivity contribution < 1.29 is 4.79 Å². The standard InChI is InChI=1S/C14H19N3O/c15-14(18)12-1-3-13(4-2-12)17-10-7-11-5-8-16-9-6-11/h1-5,16-17H,6-10H2,(H2,15,18). The van der Waals surface area contributed by atoms with E-state index in [4.69, 9.17) is 5.73 Å². The molecule has 0 fully saturated rings. The van der Waals surface area contributed by atoms with Crippen molar-refractivity contribution >= 4 is 11.6 Å². The van der Waals surface area contributed by atoms with Crippen LogP contribution in [0.5, 0.6) is 0 Å². The Morgan fingerprint density at radius 1 is 1.33 bits per heavy atom. The molecule has 0 spiro atoms. The molecule has 18 heavy (non-hydrogen) atoms. The lowest BCUT2D eigenvalue weighted by Crippen LogP contribution is -2.21. The van der Waals surface area contributed by atoms with Gasteiger partial charge in [0.05, 0.1) is 0 Å². The van der Waals surface area contributed by atoms with Crippen molar-refractivity contribution in [2.45, 2.75) is 12.8 Å². The summed E-state index contributed by atoms with van der Waals surface area (Å²) in [7, 11) is 0. The van der Waals surface area contributed by atoms with E-state index in [1.165, 1.54) is 5.57 Å². The summed E-state index contributed by atoms with van der Waals surface area (Å²) in [5.41, 5.74) is 8.26. The monoisotopic (exact) mass is 245 g/mol. The first-order valence-electron chi connectivity index (χ1n) is 6.28. The zero-order valence-electron chi connectivity index (χ0n) is 10.4. The van der Waals surface area contributed by atoms with Crippen molar-refractivity contribution in [1.29, 1.82) is 0 Å². The van der Waals surface area contributed by atoms with Crippen molar-refractivity contribution in [2.24, 2.45) is 5.73 Å². The van der Waals surface area contributed by atoms with Crippen molar-refractivity contribution in [2.75, 3.05) is 25.0 Å². The molecule has 0 saturated carbocycles. The molecule has 1 aliphatic rings. The molecule has 4 heteroatoms. The van der Waals surface area contributed by atoms with Crippen molar-refractivity contribution in [3.8, 4) is 0 Å². The number of benzene rings is 1. The van der Waals surface area contributed by atoms with Crippen molar-refractivity contribution in [3.63, 3.8) is 0 Å². The predicted molar refractivity (Wildman–Crippen MR) is 73.6 cm³/mol. The molecule has 2 rings (SSSR count). The topological polar surface area (TPSA) is 67.2 Å². The first kappa shape index (κ1) is 12.6. The second-order valence-corrected chi connectivity index (χ2v) is 4.43. The fourth-order valence-electron chi connectivity index (χ4n) is 2.02. The molecule has 0 bridgehead atoms. The summed E-state index contributed by atoms with van der Waals surface area (Å²) in [6.07, 6.45) is 4.48. The lowest BCUT2D eigenvalue weighted by Gasteiger charge is -2.14. The van der Waals surface area contributed by atoms with Crippen LogP contribution in [-0.2, 0) is 0 Å². The zero-order valence-corrected chi connectivity index (χ0v) is 10.4. The molecule has 1 amide bonds. The minimum Gasteiger partial charge on any atom is -0.385 e. The molecule has 1 heterocycles. The predicted octanol–water partition coefficient (Wildman–Crippen LogP) is 1.51. The van der Waals surface area contributed by atoms with Crippen LogP contribution in [0.25, 0.3) is 0 Å².